The molecule has 0 fully saturated rings. The molecule has 0 spiro atoms. The number of amides is 2. The molecule has 0 saturated carbocycles. The minimum atomic E-state index is -3.44. The first kappa shape index (κ1) is 17.2. The van der Waals surface area contributed by atoms with Crippen LogP contribution in [0.5, 0.6) is 5.88 Å². The lowest BCUT2D eigenvalue weighted by Gasteiger charge is -2.27. The van der Waals surface area contributed by atoms with E-state index in [4.69, 9.17) is 9.88 Å². The molecule has 2 amide bonds. The van der Waals surface area contributed by atoms with Crippen molar-refractivity contribution < 1.29 is 13.7 Å². The second-order valence-electron chi connectivity index (χ2n) is 6.93. The van der Waals surface area contributed by atoms with Crippen LogP contribution >= 0.6 is 15.9 Å². The first-order valence-corrected chi connectivity index (χ1v) is 11.2. The third-order valence-electron chi connectivity index (χ3n) is 5.41. The Hall–Kier alpha value is -1.91. The molecule has 1 unspecified atom stereocenters. The predicted octanol–water partition coefficient (Wildman–Crippen LogP) is 2.56. The van der Waals surface area contributed by atoms with Crippen LogP contribution < -0.4 is 15.2 Å². The van der Waals surface area contributed by atoms with Gasteiger partial charge in [-0.05, 0) is 54.4 Å². The molecule has 5 rings (SSSR count). The summed E-state index contributed by atoms with van der Waals surface area (Å²) in [5.74, 6) is 0.327. The molecule has 3 aliphatic rings. The fraction of sp³-hybridized carbons (Fsp3) is 0.412. The third-order valence-corrected chi connectivity index (χ3v) is 7.71. The lowest BCUT2D eigenvalue weighted by Crippen LogP contribution is -2.21. The van der Waals surface area contributed by atoms with Crippen molar-refractivity contribution in [3.8, 4) is 5.88 Å². The van der Waals surface area contributed by atoms with Gasteiger partial charge in [-0.2, -0.15) is 5.10 Å². The van der Waals surface area contributed by atoms with Gasteiger partial charge in [-0.1, -0.05) is 15.9 Å². The molecule has 2 aromatic rings. The summed E-state index contributed by atoms with van der Waals surface area (Å²) in [6.45, 7) is 1.00. The van der Waals surface area contributed by atoms with Gasteiger partial charge in [0.2, 0.25) is 5.88 Å². The van der Waals surface area contributed by atoms with Crippen LogP contribution in [0.15, 0.2) is 19.9 Å². The van der Waals surface area contributed by atoms with Crippen LogP contribution in [0.2, 0.25) is 0 Å². The lowest BCUT2D eigenvalue weighted by molar-refractivity contribution is 0.260. The zero-order chi connectivity index (χ0) is 18.8. The molecule has 3 N–H and O–H groups in total. The molecular weight excluding hydrogens is 434 g/mol. The van der Waals surface area contributed by atoms with Gasteiger partial charge in [0, 0.05) is 10.2 Å². The number of fused-ring (bicyclic) bond motifs is 3. The van der Waals surface area contributed by atoms with Gasteiger partial charge in [0.1, 0.15) is 11.5 Å². The van der Waals surface area contributed by atoms with Crippen molar-refractivity contribution in [2.45, 2.75) is 43.5 Å². The average Bonchev–Trinajstić information content (AvgIpc) is 3.27. The van der Waals surface area contributed by atoms with Crippen molar-refractivity contribution in [1.29, 1.82) is 0 Å². The van der Waals surface area contributed by atoms with Crippen molar-refractivity contribution in [2.75, 3.05) is 11.9 Å². The lowest BCUT2D eigenvalue weighted by atomic mass is 9.83. The summed E-state index contributed by atoms with van der Waals surface area (Å²) in [4.78, 5) is 12.7. The highest BCUT2D eigenvalue weighted by Crippen LogP contribution is 2.45. The standard InChI is InChI=1S/C17H18BrN5O3S/c18-14-9-2-1-3-11(9)15(12-5-4-10(12)14)21-17(24)22-27(19,25)13-8-20-23-6-7-26-16(13)23/h8H,1-7H2,(H3,19,21,22,24,25). The monoisotopic (exact) mass is 451 g/mol. The highest BCUT2D eigenvalue weighted by Gasteiger charge is 2.31. The van der Waals surface area contributed by atoms with Gasteiger partial charge >= 0.3 is 6.03 Å². The van der Waals surface area contributed by atoms with Gasteiger partial charge in [-0.25, -0.2) is 18.8 Å². The summed E-state index contributed by atoms with van der Waals surface area (Å²) in [7, 11) is -3.44. The van der Waals surface area contributed by atoms with Crippen molar-refractivity contribution in [3.63, 3.8) is 0 Å². The van der Waals surface area contributed by atoms with Crippen LogP contribution in [0.4, 0.5) is 10.5 Å². The Labute approximate surface area is 164 Å². The summed E-state index contributed by atoms with van der Waals surface area (Å²) in [5.41, 5.74) is 5.64. The molecule has 1 aromatic heterocycles. The Kier molecular flexibility index (Phi) is 3.85. The number of hydrogen-bond donors (Lipinski definition) is 2. The summed E-state index contributed by atoms with van der Waals surface area (Å²) < 4.78 is 24.8. The summed E-state index contributed by atoms with van der Waals surface area (Å²) in [5, 5.41) is 12.8. The summed E-state index contributed by atoms with van der Waals surface area (Å²) in [6, 6.07) is -0.703. The molecule has 0 saturated heterocycles. The third kappa shape index (κ3) is 2.61. The minimum absolute atomic E-state index is 0.157. The van der Waals surface area contributed by atoms with Gasteiger partial charge in [-0.15, -0.1) is 4.36 Å². The molecule has 142 valence electrons. The highest BCUT2D eigenvalue weighted by molar-refractivity contribution is 9.10. The second-order valence-corrected chi connectivity index (χ2v) is 9.49. The molecule has 2 heterocycles. The number of hydrogen-bond acceptors (Lipinski definition) is 4. The van der Waals surface area contributed by atoms with E-state index in [1.165, 1.54) is 21.8 Å². The number of ether oxygens (including phenoxy) is 1. The topological polar surface area (TPSA) is 112 Å². The van der Waals surface area contributed by atoms with E-state index in [2.05, 4.69) is 30.7 Å². The molecule has 1 aliphatic heterocycles. The van der Waals surface area contributed by atoms with Crippen molar-refractivity contribution in [3.05, 3.63) is 32.9 Å². The zero-order valence-electron chi connectivity index (χ0n) is 14.5. The van der Waals surface area contributed by atoms with E-state index >= 15 is 0 Å². The number of halogens is 1. The molecular formula is C17H18BrN5O3S. The number of rotatable bonds is 2. The molecule has 10 heteroatoms. The van der Waals surface area contributed by atoms with E-state index < -0.39 is 15.9 Å². The molecule has 2 aliphatic carbocycles. The average molecular weight is 452 g/mol. The molecule has 8 nitrogen and oxygen atoms in total. The van der Waals surface area contributed by atoms with E-state index in [9.17, 15) is 9.00 Å². The fourth-order valence-electron chi connectivity index (χ4n) is 4.06. The number of nitrogens with one attached hydrogen (secondary N) is 1. The number of aromatic nitrogens is 2. The van der Waals surface area contributed by atoms with E-state index in [0.717, 1.165) is 48.9 Å². The second kappa shape index (κ2) is 6.05. The Morgan fingerprint density at radius 2 is 1.96 bits per heavy atom. The maximum atomic E-state index is 12.9. The summed E-state index contributed by atoms with van der Waals surface area (Å²) in [6.07, 6.45) is 6.24. The van der Waals surface area contributed by atoms with Gasteiger partial charge in [0.25, 0.3) is 0 Å². The Bertz CT molecular complexity index is 1120. The Morgan fingerprint density at radius 1 is 1.26 bits per heavy atom. The van der Waals surface area contributed by atoms with Gasteiger partial charge in [0.05, 0.1) is 12.7 Å². The van der Waals surface area contributed by atoms with E-state index in [-0.39, 0.29) is 4.90 Å². The van der Waals surface area contributed by atoms with Crippen LogP contribution in [0.3, 0.4) is 0 Å². The number of nitrogens with zero attached hydrogens (tertiary/aromatic N) is 3. The number of carbonyl (C=O) groups is 1. The normalized spacial score (nSPS) is 18.6. The quantitative estimate of drug-likeness (QED) is 0.730. The van der Waals surface area contributed by atoms with Gasteiger partial charge in [-0.3, -0.25) is 0 Å². The number of urea groups is 1. The van der Waals surface area contributed by atoms with E-state index in [1.807, 2.05) is 0 Å². The smallest absolute Gasteiger partial charge is 0.354 e. The van der Waals surface area contributed by atoms with Crippen molar-refractivity contribution >= 4 is 37.6 Å². The SMILES string of the molecule is NS(=O)(=NC(=O)Nc1c2c(c(Br)c3c1CC3)CCC2)c1cnn2c1OCC2. The first-order valence-electron chi connectivity index (χ1n) is 8.85. The predicted molar refractivity (Wildman–Crippen MR) is 103 cm³/mol. The number of nitrogens with two attached hydrogens (primary N) is 1. The zero-order valence-corrected chi connectivity index (χ0v) is 16.9. The Balaban J connectivity index is 1.50. The highest BCUT2D eigenvalue weighted by atomic mass is 79.9. The number of benzene rings is 1. The van der Waals surface area contributed by atoms with Crippen molar-refractivity contribution in [2.24, 2.45) is 9.50 Å². The molecule has 27 heavy (non-hydrogen) atoms. The fourth-order valence-corrected chi connectivity index (χ4v) is 5.94. The largest absolute Gasteiger partial charge is 0.475 e. The summed E-state index contributed by atoms with van der Waals surface area (Å²) >= 11 is 3.71. The number of anilines is 1. The molecule has 1 atom stereocenters. The van der Waals surface area contributed by atoms with Crippen LogP contribution in [0, 0.1) is 0 Å². The van der Waals surface area contributed by atoms with E-state index in [1.54, 1.807) is 4.68 Å². The van der Waals surface area contributed by atoms with Crippen LogP contribution in [0.25, 0.3) is 0 Å². The van der Waals surface area contributed by atoms with Gasteiger partial charge < -0.3 is 10.1 Å². The van der Waals surface area contributed by atoms with Gasteiger partial charge in [0.15, 0.2) is 9.92 Å². The van der Waals surface area contributed by atoms with Crippen molar-refractivity contribution in [1.82, 2.24) is 9.78 Å². The van der Waals surface area contributed by atoms with Crippen LogP contribution in [-0.2, 0) is 42.1 Å². The molecule has 1 aromatic carbocycles. The molecule has 0 radical (unpaired) electrons. The van der Waals surface area contributed by atoms with E-state index in [0.29, 0.717) is 19.0 Å². The molecule has 0 bridgehead atoms. The first-order chi connectivity index (χ1) is 13.0. The maximum absolute atomic E-state index is 12.9. The van der Waals surface area contributed by atoms with Crippen LogP contribution in [-0.4, -0.2) is 26.6 Å². The number of carbonyl (C=O) groups excluding carboxylic acids is 1. The maximum Gasteiger partial charge on any atom is 0.354 e. The minimum Gasteiger partial charge on any atom is -0.475 e. The Morgan fingerprint density at radius 3 is 2.74 bits per heavy atom. The van der Waals surface area contributed by atoms with Crippen LogP contribution in [0.1, 0.15) is 28.7 Å².